The predicted octanol–water partition coefficient (Wildman–Crippen LogP) is 2.74. The molecule has 0 amide bonds. The Bertz CT molecular complexity index is 728. The van der Waals surface area contributed by atoms with E-state index in [1.165, 1.54) is 23.1 Å². The third-order valence-corrected chi connectivity index (χ3v) is 7.98. The first-order valence-electron chi connectivity index (χ1n) is 9.48. The van der Waals surface area contributed by atoms with Gasteiger partial charge in [0, 0.05) is 11.6 Å². The van der Waals surface area contributed by atoms with Gasteiger partial charge in [-0.1, -0.05) is 18.2 Å². The van der Waals surface area contributed by atoms with Crippen molar-refractivity contribution in [1.29, 1.82) is 0 Å². The molecule has 3 N–H and O–H groups in total. The molecule has 2 fully saturated rings. The SMILES string of the molecule is CCOC(=O)[C@H](C)N1COC2=C3SC(N)N(N[P+]1=O)C3=C1CCCCC1C2. The monoisotopic (exact) mass is 413 g/mol. The zero-order valence-corrected chi connectivity index (χ0v) is 17.4. The Balaban J connectivity index is 1.69. The Morgan fingerprint density at radius 3 is 3.11 bits per heavy atom. The van der Waals surface area contributed by atoms with Crippen molar-refractivity contribution in [2.24, 2.45) is 11.7 Å². The molecule has 2 aliphatic carbocycles. The van der Waals surface area contributed by atoms with Crippen LogP contribution in [0.4, 0.5) is 0 Å². The zero-order chi connectivity index (χ0) is 19.1. The maximum Gasteiger partial charge on any atom is 0.559 e. The Hall–Kier alpha value is -1.12. The second-order valence-electron chi connectivity index (χ2n) is 7.17. The van der Waals surface area contributed by atoms with Crippen molar-refractivity contribution in [3.63, 3.8) is 0 Å². The second-order valence-corrected chi connectivity index (χ2v) is 9.55. The molecule has 0 aromatic rings. The number of hydrogen-bond acceptors (Lipinski definition) is 7. The number of nitrogens with zero attached hydrogens (tertiary/aromatic N) is 2. The highest BCUT2D eigenvalue weighted by Crippen LogP contribution is 2.53. The Kier molecular flexibility index (Phi) is 5.49. The number of nitrogens with two attached hydrogens (primary N) is 1. The first-order chi connectivity index (χ1) is 13.0. The van der Waals surface area contributed by atoms with Crippen LogP contribution >= 0.6 is 19.9 Å². The lowest BCUT2D eigenvalue weighted by atomic mass is 9.78. The number of hydrazine groups is 1. The van der Waals surface area contributed by atoms with E-state index in [1.807, 2.05) is 5.01 Å². The molecule has 0 spiro atoms. The fourth-order valence-corrected chi connectivity index (χ4v) is 6.43. The van der Waals surface area contributed by atoms with Crippen LogP contribution < -0.4 is 10.9 Å². The van der Waals surface area contributed by atoms with Crippen LogP contribution in [0.2, 0.25) is 0 Å². The van der Waals surface area contributed by atoms with E-state index < -0.39 is 20.1 Å². The van der Waals surface area contributed by atoms with Gasteiger partial charge in [0.1, 0.15) is 11.3 Å². The van der Waals surface area contributed by atoms with Gasteiger partial charge in [0.2, 0.25) is 0 Å². The van der Waals surface area contributed by atoms with Gasteiger partial charge in [0.25, 0.3) is 0 Å². The van der Waals surface area contributed by atoms with Crippen LogP contribution in [-0.4, -0.2) is 40.5 Å². The van der Waals surface area contributed by atoms with Crippen LogP contribution in [0.5, 0.6) is 0 Å². The predicted molar refractivity (Wildman–Crippen MR) is 103 cm³/mol. The summed E-state index contributed by atoms with van der Waals surface area (Å²) >= 11 is 1.55. The summed E-state index contributed by atoms with van der Waals surface area (Å²) in [7, 11) is -2.11. The molecule has 1 saturated carbocycles. The minimum Gasteiger partial charge on any atom is -0.477 e. The quantitative estimate of drug-likeness (QED) is 0.535. The standard InChI is InChI=1S/C17H26N4O4PS/c1-3-24-16(22)10(2)20-9-25-13-8-11-6-4-5-7-12(11)14-15(13)27-17(18)21(14)19-26(20)23/h10-11,17H,3-9,18H2,1-2H3,(H,19,23)/q+1/t10-,11?,17?/m0/s1. The van der Waals surface area contributed by atoms with Crippen LogP contribution in [-0.2, 0) is 18.8 Å². The van der Waals surface area contributed by atoms with Crippen LogP contribution in [0.25, 0.3) is 0 Å². The molecule has 0 radical (unpaired) electrons. The second kappa shape index (κ2) is 7.72. The largest absolute Gasteiger partial charge is 0.559 e. The number of ether oxygens (including phenoxy) is 2. The lowest BCUT2D eigenvalue weighted by molar-refractivity contribution is -0.148. The van der Waals surface area contributed by atoms with E-state index in [2.05, 4.69) is 5.20 Å². The van der Waals surface area contributed by atoms with Crippen molar-refractivity contribution in [3.05, 3.63) is 21.9 Å². The van der Waals surface area contributed by atoms with Gasteiger partial charge in [-0.2, -0.15) is 0 Å². The fourth-order valence-electron chi connectivity index (χ4n) is 4.13. The third kappa shape index (κ3) is 3.40. The lowest BCUT2D eigenvalue weighted by Crippen LogP contribution is -2.45. The number of allylic oxidation sites excluding steroid dienone is 2. The van der Waals surface area contributed by atoms with Crippen molar-refractivity contribution in [2.75, 3.05) is 13.3 Å². The van der Waals surface area contributed by atoms with E-state index >= 15 is 0 Å². The number of thioether (sulfide) groups is 1. The molecule has 0 aromatic heterocycles. The number of nitrogens with one attached hydrogen (secondary N) is 1. The molecular formula is C17H26N4O4PS+. The van der Waals surface area contributed by atoms with E-state index in [-0.39, 0.29) is 18.8 Å². The minimum atomic E-state index is -2.11. The third-order valence-electron chi connectivity index (χ3n) is 5.55. The van der Waals surface area contributed by atoms with Gasteiger partial charge in [0.15, 0.2) is 12.8 Å². The average Bonchev–Trinajstić information content (AvgIpc) is 2.99. The van der Waals surface area contributed by atoms with Crippen LogP contribution in [0.3, 0.4) is 0 Å². The van der Waals surface area contributed by atoms with Crippen molar-refractivity contribution in [3.8, 4) is 0 Å². The van der Waals surface area contributed by atoms with Gasteiger partial charge >= 0.3 is 14.1 Å². The molecule has 0 aromatic carbocycles. The van der Waals surface area contributed by atoms with Gasteiger partial charge in [-0.15, -0.1) is 0 Å². The minimum absolute atomic E-state index is 0.0694. The molecular weight excluding hydrogens is 387 g/mol. The van der Waals surface area contributed by atoms with E-state index in [1.54, 1.807) is 25.6 Å². The molecule has 1 saturated heterocycles. The molecule has 27 heavy (non-hydrogen) atoms. The molecule has 8 nitrogen and oxygen atoms in total. The number of hydrogen-bond donors (Lipinski definition) is 2. The first kappa shape index (κ1) is 19.2. The summed E-state index contributed by atoms with van der Waals surface area (Å²) in [5.41, 5.74) is 8.41. The molecule has 3 unspecified atom stereocenters. The van der Waals surface area contributed by atoms with Gasteiger partial charge in [-0.05, 0) is 53.8 Å². The van der Waals surface area contributed by atoms with Gasteiger partial charge in [-0.3, -0.25) is 4.79 Å². The summed E-state index contributed by atoms with van der Waals surface area (Å²) < 4.78 is 25.8. The first-order valence-corrected chi connectivity index (χ1v) is 11.6. The summed E-state index contributed by atoms with van der Waals surface area (Å²) in [6, 6.07) is -0.687. The van der Waals surface area contributed by atoms with Gasteiger partial charge in [0.05, 0.1) is 17.2 Å². The average molecular weight is 413 g/mol. The van der Waals surface area contributed by atoms with E-state index in [0.29, 0.717) is 5.92 Å². The molecule has 4 rings (SSSR count). The normalized spacial score (nSPS) is 30.9. The number of rotatable bonds is 3. The van der Waals surface area contributed by atoms with Crippen LogP contribution in [0.15, 0.2) is 21.9 Å². The number of carbonyl (C=O) groups is 1. The van der Waals surface area contributed by atoms with Crippen molar-refractivity contribution < 1.29 is 18.8 Å². The Morgan fingerprint density at radius 2 is 2.33 bits per heavy atom. The van der Waals surface area contributed by atoms with E-state index in [4.69, 9.17) is 15.2 Å². The van der Waals surface area contributed by atoms with Crippen LogP contribution in [0.1, 0.15) is 46.0 Å². The van der Waals surface area contributed by atoms with E-state index in [0.717, 1.165) is 35.6 Å². The molecule has 2 heterocycles. The van der Waals surface area contributed by atoms with Gasteiger partial charge in [-0.25, -0.2) is 5.01 Å². The Morgan fingerprint density at radius 1 is 1.52 bits per heavy atom. The fraction of sp³-hybridized carbons (Fsp3) is 0.706. The topological polar surface area (TPSA) is 97.1 Å². The van der Waals surface area contributed by atoms with Gasteiger partial charge < -0.3 is 15.2 Å². The van der Waals surface area contributed by atoms with Crippen molar-refractivity contribution >= 4 is 25.8 Å². The summed E-state index contributed by atoms with van der Waals surface area (Å²) in [6.45, 7) is 3.79. The summed E-state index contributed by atoms with van der Waals surface area (Å²) in [5, 5.41) is 4.88. The number of carbonyl (C=O) groups excluding carboxylic acids is 1. The van der Waals surface area contributed by atoms with E-state index in [9.17, 15) is 9.36 Å². The maximum absolute atomic E-state index is 13.1. The smallest absolute Gasteiger partial charge is 0.477 e. The molecule has 10 heteroatoms. The summed E-state index contributed by atoms with van der Waals surface area (Å²) in [4.78, 5) is 13.2. The van der Waals surface area contributed by atoms with Crippen molar-refractivity contribution in [2.45, 2.75) is 57.5 Å². The summed E-state index contributed by atoms with van der Waals surface area (Å²) in [5.74, 6) is 0.937. The molecule has 4 atom stereocenters. The highest BCUT2D eigenvalue weighted by molar-refractivity contribution is 8.04. The molecule has 4 aliphatic rings. The number of esters is 1. The van der Waals surface area contributed by atoms with Crippen LogP contribution in [0, 0.1) is 5.92 Å². The Labute approximate surface area is 164 Å². The molecule has 4 bridgehead atoms. The highest BCUT2D eigenvalue weighted by atomic mass is 32.2. The molecule has 2 aliphatic heterocycles. The lowest BCUT2D eigenvalue weighted by Gasteiger charge is -2.33. The number of fused-ring (bicyclic) bond motifs is 1. The maximum atomic E-state index is 13.1. The summed E-state index contributed by atoms with van der Waals surface area (Å²) in [6.07, 6.45) is 5.42. The highest BCUT2D eigenvalue weighted by Gasteiger charge is 2.49. The zero-order valence-electron chi connectivity index (χ0n) is 15.6. The molecule has 148 valence electrons. The van der Waals surface area contributed by atoms with Crippen molar-refractivity contribution in [1.82, 2.24) is 14.9 Å².